The molecule has 0 radical (unpaired) electrons. The summed E-state index contributed by atoms with van der Waals surface area (Å²) in [4.78, 5) is 25.3. The van der Waals surface area contributed by atoms with Gasteiger partial charge in [0.2, 0.25) is 5.91 Å². The SMILES string of the molecule is O=C1CS[C@@H](c2ccc(Cl)cc2Cl)c2c(n(C3CCCCCC3)[nH]c2=O)N1. The van der Waals surface area contributed by atoms with Crippen molar-refractivity contribution in [3.63, 3.8) is 0 Å². The summed E-state index contributed by atoms with van der Waals surface area (Å²) in [6, 6.07) is 5.48. The summed E-state index contributed by atoms with van der Waals surface area (Å²) in [5, 5.41) is 6.68. The number of fused-ring (bicyclic) bond motifs is 1. The number of nitrogens with zero attached hydrogens (tertiary/aromatic N) is 1. The third kappa shape index (κ3) is 3.80. The number of halogens is 2. The van der Waals surface area contributed by atoms with Gasteiger partial charge in [-0.2, -0.15) is 0 Å². The number of benzene rings is 1. The second kappa shape index (κ2) is 7.94. The molecule has 8 heteroatoms. The second-order valence-corrected chi connectivity index (χ2v) is 9.06. The van der Waals surface area contributed by atoms with Crippen LogP contribution in [0.5, 0.6) is 0 Å². The summed E-state index contributed by atoms with van der Waals surface area (Å²) >= 11 is 13.9. The number of aromatic nitrogens is 2. The normalized spacial score (nSPS) is 21.3. The van der Waals surface area contributed by atoms with Crippen LogP contribution in [0.25, 0.3) is 0 Å². The minimum absolute atomic E-state index is 0.102. The first-order chi connectivity index (χ1) is 13.0. The topological polar surface area (TPSA) is 66.9 Å². The molecule has 27 heavy (non-hydrogen) atoms. The molecule has 1 aromatic heterocycles. The van der Waals surface area contributed by atoms with E-state index < -0.39 is 0 Å². The Morgan fingerprint density at radius 3 is 2.52 bits per heavy atom. The van der Waals surface area contributed by atoms with Crippen molar-refractivity contribution in [1.82, 2.24) is 9.78 Å². The van der Waals surface area contributed by atoms with Crippen LogP contribution in [0.2, 0.25) is 10.0 Å². The van der Waals surface area contributed by atoms with Crippen molar-refractivity contribution in [3.05, 3.63) is 49.7 Å². The number of nitrogens with one attached hydrogen (secondary N) is 2. The summed E-state index contributed by atoms with van der Waals surface area (Å²) in [5.41, 5.74) is 1.20. The van der Waals surface area contributed by atoms with E-state index in [9.17, 15) is 9.59 Å². The Morgan fingerprint density at radius 2 is 1.81 bits per heavy atom. The average Bonchev–Trinajstić information content (AvgIpc) is 2.83. The number of amides is 1. The zero-order valence-corrected chi connectivity index (χ0v) is 17.1. The third-order valence-electron chi connectivity index (χ3n) is 5.30. The molecular weight excluding hydrogens is 405 g/mol. The Hall–Kier alpha value is -1.37. The van der Waals surface area contributed by atoms with Gasteiger partial charge in [0.05, 0.1) is 22.6 Å². The molecule has 5 nitrogen and oxygen atoms in total. The first kappa shape index (κ1) is 19.0. The van der Waals surface area contributed by atoms with Crippen LogP contribution in [0.3, 0.4) is 0 Å². The molecule has 0 unspecified atom stereocenters. The number of anilines is 1. The quantitative estimate of drug-likeness (QED) is 0.653. The Kier molecular flexibility index (Phi) is 5.58. The van der Waals surface area contributed by atoms with Gasteiger partial charge in [-0.3, -0.25) is 19.4 Å². The van der Waals surface area contributed by atoms with Gasteiger partial charge in [-0.15, -0.1) is 11.8 Å². The number of thioether (sulfide) groups is 1. The molecule has 1 aromatic carbocycles. The summed E-state index contributed by atoms with van der Waals surface area (Å²) in [6.45, 7) is 0. The summed E-state index contributed by atoms with van der Waals surface area (Å²) < 4.78 is 1.89. The average molecular weight is 426 g/mol. The first-order valence-corrected chi connectivity index (χ1v) is 11.1. The van der Waals surface area contributed by atoms with Gasteiger partial charge < -0.3 is 5.32 Å². The van der Waals surface area contributed by atoms with E-state index in [4.69, 9.17) is 23.2 Å². The first-order valence-electron chi connectivity index (χ1n) is 9.25. The Bertz CT molecular complexity index is 916. The summed E-state index contributed by atoms with van der Waals surface area (Å²) in [7, 11) is 0. The number of hydrogen-bond donors (Lipinski definition) is 2. The van der Waals surface area contributed by atoms with Crippen LogP contribution in [-0.4, -0.2) is 21.4 Å². The zero-order valence-electron chi connectivity index (χ0n) is 14.8. The van der Waals surface area contributed by atoms with Gasteiger partial charge in [0, 0.05) is 10.0 Å². The highest BCUT2D eigenvalue weighted by Crippen LogP contribution is 2.44. The maximum atomic E-state index is 12.9. The number of H-pyrrole nitrogens is 1. The molecule has 1 saturated carbocycles. The smallest absolute Gasteiger partial charge is 0.270 e. The fourth-order valence-electron chi connectivity index (χ4n) is 3.99. The lowest BCUT2D eigenvalue weighted by molar-refractivity contribution is -0.113. The van der Waals surface area contributed by atoms with Crippen LogP contribution < -0.4 is 10.9 Å². The number of aromatic amines is 1. The third-order valence-corrected chi connectivity index (χ3v) is 7.11. The van der Waals surface area contributed by atoms with Gasteiger partial charge in [0.25, 0.3) is 5.56 Å². The van der Waals surface area contributed by atoms with Crippen LogP contribution in [0.1, 0.15) is 60.9 Å². The van der Waals surface area contributed by atoms with E-state index in [1.54, 1.807) is 12.1 Å². The number of carbonyl (C=O) groups is 1. The molecule has 1 fully saturated rings. The molecule has 0 saturated heterocycles. The highest BCUT2D eigenvalue weighted by molar-refractivity contribution is 8.00. The summed E-state index contributed by atoms with van der Waals surface area (Å²) in [6.07, 6.45) is 6.72. The van der Waals surface area contributed by atoms with Crippen LogP contribution in [0.15, 0.2) is 23.0 Å². The molecule has 2 N–H and O–H groups in total. The molecule has 0 bridgehead atoms. The summed E-state index contributed by atoms with van der Waals surface area (Å²) in [5.74, 6) is 0.760. The number of carbonyl (C=O) groups excluding carboxylic acids is 1. The highest BCUT2D eigenvalue weighted by Gasteiger charge is 2.33. The van der Waals surface area contributed by atoms with E-state index in [1.807, 2.05) is 10.7 Å². The van der Waals surface area contributed by atoms with Crippen LogP contribution >= 0.6 is 35.0 Å². The zero-order chi connectivity index (χ0) is 19.0. The van der Waals surface area contributed by atoms with Gasteiger partial charge in [-0.05, 0) is 30.5 Å². The molecule has 2 aromatic rings. The standard InChI is InChI=1S/C19H21Cl2N3O2S/c20-11-7-8-13(14(21)9-11)17-16-18(22-15(25)10-27-17)24(23-19(16)26)12-5-3-1-2-4-6-12/h7-9,12,17H,1-6,10H2,(H,22,25)(H,23,26)/t17-/m0/s1. The predicted octanol–water partition coefficient (Wildman–Crippen LogP) is 5.15. The van der Waals surface area contributed by atoms with E-state index in [0.29, 0.717) is 21.4 Å². The van der Waals surface area contributed by atoms with Crippen LogP contribution in [-0.2, 0) is 4.79 Å². The van der Waals surface area contributed by atoms with Gasteiger partial charge in [0.1, 0.15) is 5.82 Å². The second-order valence-electron chi connectivity index (χ2n) is 7.12. The number of hydrogen-bond acceptors (Lipinski definition) is 3. The minimum Gasteiger partial charge on any atom is -0.310 e. The van der Waals surface area contributed by atoms with Crippen molar-refractivity contribution in [2.24, 2.45) is 0 Å². The van der Waals surface area contributed by atoms with Crippen molar-refractivity contribution in [3.8, 4) is 0 Å². The lowest BCUT2D eigenvalue weighted by Gasteiger charge is -2.20. The molecule has 1 atom stereocenters. The molecule has 4 rings (SSSR count). The van der Waals surface area contributed by atoms with E-state index in [2.05, 4.69) is 10.4 Å². The molecule has 1 aliphatic carbocycles. The molecule has 0 spiro atoms. The molecule has 144 valence electrons. The monoisotopic (exact) mass is 425 g/mol. The Labute approximate surface area is 171 Å². The molecule has 1 aliphatic heterocycles. The predicted molar refractivity (Wildman–Crippen MR) is 111 cm³/mol. The number of rotatable bonds is 2. The van der Waals surface area contributed by atoms with Crippen molar-refractivity contribution in [2.75, 3.05) is 11.1 Å². The fraction of sp³-hybridized carbons (Fsp3) is 0.474. The maximum Gasteiger partial charge on any atom is 0.270 e. The van der Waals surface area contributed by atoms with Gasteiger partial charge in [-0.1, -0.05) is 55.0 Å². The lowest BCUT2D eigenvalue weighted by atomic mass is 10.1. The van der Waals surface area contributed by atoms with Crippen molar-refractivity contribution in [2.45, 2.75) is 49.8 Å². The molecule has 1 amide bonds. The van der Waals surface area contributed by atoms with Crippen LogP contribution in [0.4, 0.5) is 5.82 Å². The lowest BCUT2D eigenvalue weighted by Crippen LogP contribution is -2.19. The highest BCUT2D eigenvalue weighted by atomic mass is 35.5. The Balaban J connectivity index is 1.82. The Morgan fingerprint density at radius 1 is 1.07 bits per heavy atom. The van der Waals surface area contributed by atoms with E-state index in [0.717, 1.165) is 31.2 Å². The van der Waals surface area contributed by atoms with Gasteiger partial charge >= 0.3 is 0 Å². The van der Waals surface area contributed by atoms with Gasteiger partial charge in [-0.25, -0.2) is 0 Å². The molecule has 2 aliphatic rings. The van der Waals surface area contributed by atoms with E-state index >= 15 is 0 Å². The van der Waals surface area contributed by atoms with E-state index in [-0.39, 0.29) is 28.5 Å². The molecular formula is C19H21Cl2N3O2S. The van der Waals surface area contributed by atoms with Gasteiger partial charge in [0.15, 0.2) is 0 Å². The van der Waals surface area contributed by atoms with Crippen molar-refractivity contribution in [1.29, 1.82) is 0 Å². The minimum atomic E-state index is -0.320. The largest absolute Gasteiger partial charge is 0.310 e. The fourth-order valence-corrected chi connectivity index (χ4v) is 5.74. The maximum absolute atomic E-state index is 12.9. The van der Waals surface area contributed by atoms with Crippen molar-refractivity contribution >= 4 is 46.7 Å². The molecule has 2 heterocycles. The van der Waals surface area contributed by atoms with E-state index in [1.165, 1.54) is 24.6 Å². The van der Waals surface area contributed by atoms with Crippen LogP contribution in [0, 0.1) is 0 Å². The van der Waals surface area contributed by atoms with Crippen molar-refractivity contribution < 1.29 is 4.79 Å².